The van der Waals surface area contributed by atoms with E-state index in [1.807, 2.05) is 18.2 Å². The first kappa shape index (κ1) is 11.3. The maximum Gasteiger partial charge on any atom is 0.191 e. The minimum absolute atomic E-state index is 0.266. The highest BCUT2D eigenvalue weighted by molar-refractivity contribution is 5.15. The largest absolute Gasteiger partial charge is 0.198 e. The van der Waals surface area contributed by atoms with Gasteiger partial charge in [-0.15, -0.1) is 10.2 Å². The lowest BCUT2D eigenvalue weighted by Gasteiger charge is -2.04. The summed E-state index contributed by atoms with van der Waals surface area (Å²) in [5.74, 6) is 0.220. The lowest BCUT2D eigenvalue weighted by atomic mass is 10.0. The molecule has 0 spiro atoms. The zero-order chi connectivity index (χ0) is 11.9. The van der Waals surface area contributed by atoms with Gasteiger partial charge in [0.25, 0.3) is 0 Å². The molecule has 0 saturated carbocycles. The van der Waals surface area contributed by atoms with Crippen molar-refractivity contribution in [1.82, 2.24) is 20.6 Å². The third-order valence-corrected chi connectivity index (χ3v) is 2.63. The molecule has 1 aromatic heterocycles. The van der Waals surface area contributed by atoms with E-state index in [4.69, 9.17) is 5.26 Å². The van der Waals surface area contributed by atoms with Gasteiger partial charge in [0, 0.05) is 0 Å². The first-order valence-corrected chi connectivity index (χ1v) is 5.57. The van der Waals surface area contributed by atoms with Crippen molar-refractivity contribution in [1.29, 1.82) is 5.26 Å². The highest BCUT2D eigenvalue weighted by Gasteiger charge is 2.14. The summed E-state index contributed by atoms with van der Waals surface area (Å²) in [6, 6.07) is 12.4. The van der Waals surface area contributed by atoms with Crippen LogP contribution in [0.3, 0.4) is 0 Å². The van der Waals surface area contributed by atoms with Crippen molar-refractivity contribution >= 4 is 0 Å². The second-order valence-corrected chi connectivity index (χ2v) is 3.83. The predicted octanol–water partition coefficient (Wildman–Crippen LogP) is 1.83. The van der Waals surface area contributed by atoms with E-state index >= 15 is 0 Å². The van der Waals surface area contributed by atoms with E-state index in [0.29, 0.717) is 5.82 Å². The second kappa shape index (κ2) is 5.75. The summed E-state index contributed by atoms with van der Waals surface area (Å²) in [6.45, 7) is 0. The van der Waals surface area contributed by atoms with Gasteiger partial charge in [-0.1, -0.05) is 35.5 Å². The van der Waals surface area contributed by atoms with Gasteiger partial charge in [-0.3, -0.25) is 0 Å². The maximum atomic E-state index is 9.02. The van der Waals surface area contributed by atoms with E-state index in [1.54, 1.807) is 0 Å². The van der Waals surface area contributed by atoms with Crippen molar-refractivity contribution in [3.05, 3.63) is 41.7 Å². The molecule has 0 aliphatic carbocycles. The number of rotatable bonds is 5. The Balaban J connectivity index is 1.84. The first-order chi connectivity index (χ1) is 8.40. The van der Waals surface area contributed by atoms with Gasteiger partial charge in [0.2, 0.25) is 0 Å². The Bertz CT molecular complexity index is 471. The normalized spacial score (nSPS) is 11.9. The van der Waals surface area contributed by atoms with Gasteiger partial charge in [-0.25, -0.2) is 0 Å². The van der Waals surface area contributed by atoms with Crippen LogP contribution in [0.5, 0.6) is 0 Å². The van der Waals surface area contributed by atoms with Gasteiger partial charge in [-0.2, -0.15) is 10.5 Å². The molecule has 2 aromatic rings. The smallest absolute Gasteiger partial charge is 0.191 e. The molecule has 0 radical (unpaired) electrons. The number of aryl methyl sites for hydroxylation is 1. The molecule has 1 N–H and O–H groups in total. The van der Waals surface area contributed by atoms with Crippen molar-refractivity contribution in [3.8, 4) is 6.07 Å². The van der Waals surface area contributed by atoms with Gasteiger partial charge >= 0.3 is 0 Å². The third kappa shape index (κ3) is 3.11. The van der Waals surface area contributed by atoms with Crippen LogP contribution in [0.2, 0.25) is 0 Å². The number of nitrogens with one attached hydrogen (secondary N) is 1. The highest BCUT2D eigenvalue weighted by Crippen LogP contribution is 2.17. The summed E-state index contributed by atoms with van der Waals surface area (Å²) in [7, 11) is 0. The summed E-state index contributed by atoms with van der Waals surface area (Å²) in [4.78, 5) is 0. The highest BCUT2D eigenvalue weighted by atomic mass is 15.5. The molecule has 0 fully saturated rings. The quantitative estimate of drug-likeness (QED) is 0.845. The number of nitrogens with zero attached hydrogens (tertiary/aromatic N) is 4. The second-order valence-electron chi connectivity index (χ2n) is 3.83. The molecule has 86 valence electrons. The Labute approximate surface area is 99.5 Å². The average molecular weight is 227 g/mol. The first-order valence-electron chi connectivity index (χ1n) is 5.57. The van der Waals surface area contributed by atoms with Crippen molar-refractivity contribution < 1.29 is 0 Å². The minimum Gasteiger partial charge on any atom is -0.198 e. The lowest BCUT2D eigenvalue weighted by Crippen LogP contribution is -2.00. The molecule has 2 rings (SSSR count). The number of hydrogen-bond acceptors (Lipinski definition) is 4. The van der Waals surface area contributed by atoms with E-state index in [-0.39, 0.29) is 5.92 Å². The molecule has 5 nitrogen and oxygen atoms in total. The molecular formula is C12H13N5. The number of nitriles is 1. The number of H-pyrrole nitrogens is 1. The van der Waals surface area contributed by atoms with Gasteiger partial charge in [0.05, 0.1) is 6.07 Å². The Morgan fingerprint density at radius 3 is 2.76 bits per heavy atom. The van der Waals surface area contributed by atoms with E-state index in [2.05, 4.69) is 38.8 Å². The average Bonchev–Trinajstić information content (AvgIpc) is 2.90. The monoisotopic (exact) mass is 227 g/mol. The number of tetrazole rings is 1. The Morgan fingerprint density at radius 2 is 2.12 bits per heavy atom. The molecule has 17 heavy (non-hydrogen) atoms. The fourth-order valence-electron chi connectivity index (χ4n) is 1.72. The van der Waals surface area contributed by atoms with Crippen LogP contribution in [0.1, 0.15) is 30.1 Å². The van der Waals surface area contributed by atoms with Gasteiger partial charge in [0.15, 0.2) is 5.82 Å². The zero-order valence-electron chi connectivity index (χ0n) is 9.37. The van der Waals surface area contributed by atoms with Gasteiger partial charge in [-0.05, 0) is 24.8 Å². The molecule has 0 bridgehead atoms. The molecule has 5 heteroatoms. The Hall–Kier alpha value is -2.22. The molecule has 1 aromatic carbocycles. The summed E-state index contributed by atoms with van der Waals surface area (Å²) in [6.07, 6.45) is 2.67. The standard InChI is InChI=1S/C12H13N5/c13-9-11(12-14-16-17-15-12)8-4-7-10-5-2-1-3-6-10/h1-3,5-6,11H,4,7-8H2,(H,14,15,16,17). The van der Waals surface area contributed by atoms with E-state index < -0.39 is 0 Å². The Morgan fingerprint density at radius 1 is 1.29 bits per heavy atom. The predicted molar refractivity (Wildman–Crippen MR) is 61.9 cm³/mol. The summed E-state index contributed by atoms with van der Waals surface area (Å²) in [5.41, 5.74) is 1.29. The van der Waals surface area contributed by atoms with Crippen LogP contribution in [0.25, 0.3) is 0 Å². The third-order valence-electron chi connectivity index (χ3n) is 2.63. The fourth-order valence-corrected chi connectivity index (χ4v) is 1.72. The van der Waals surface area contributed by atoms with Crippen molar-refractivity contribution in [2.24, 2.45) is 0 Å². The number of hydrogen-bond donors (Lipinski definition) is 1. The minimum atomic E-state index is -0.266. The molecule has 1 heterocycles. The topological polar surface area (TPSA) is 78.2 Å². The van der Waals surface area contributed by atoms with Crippen molar-refractivity contribution in [2.75, 3.05) is 0 Å². The van der Waals surface area contributed by atoms with E-state index in [9.17, 15) is 0 Å². The molecule has 1 atom stereocenters. The number of benzene rings is 1. The van der Waals surface area contributed by atoms with Crippen LogP contribution in [-0.4, -0.2) is 20.6 Å². The van der Waals surface area contributed by atoms with Gasteiger partial charge in [0.1, 0.15) is 5.92 Å². The van der Waals surface area contributed by atoms with Crippen LogP contribution in [0, 0.1) is 11.3 Å². The van der Waals surface area contributed by atoms with E-state index in [1.165, 1.54) is 5.56 Å². The summed E-state index contributed by atoms with van der Waals surface area (Å²) >= 11 is 0. The fraction of sp³-hybridized carbons (Fsp3) is 0.333. The number of aromatic amines is 1. The number of aromatic nitrogens is 4. The molecular weight excluding hydrogens is 214 g/mol. The van der Waals surface area contributed by atoms with Crippen LogP contribution in [0.4, 0.5) is 0 Å². The maximum absolute atomic E-state index is 9.02. The van der Waals surface area contributed by atoms with Crippen LogP contribution in [0.15, 0.2) is 30.3 Å². The van der Waals surface area contributed by atoms with Gasteiger partial charge < -0.3 is 0 Å². The van der Waals surface area contributed by atoms with Crippen LogP contribution in [-0.2, 0) is 6.42 Å². The summed E-state index contributed by atoms with van der Waals surface area (Å²) < 4.78 is 0. The SMILES string of the molecule is N#CC(CCCc1ccccc1)c1nn[nH]n1. The molecule has 0 aliphatic heterocycles. The molecule has 0 saturated heterocycles. The molecule has 0 aliphatic rings. The van der Waals surface area contributed by atoms with Crippen LogP contribution < -0.4 is 0 Å². The van der Waals surface area contributed by atoms with E-state index in [0.717, 1.165) is 19.3 Å². The van der Waals surface area contributed by atoms with Crippen molar-refractivity contribution in [3.63, 3.8) is 0 Å². The summed E-state index contributed by atoms with van der Waals surface area (Å²) in [5, 5.41) is 22.6. The Kier molecular flexibility index (Phi) is 3.81. The zero-order valence-corrected chi connectivity index (χ0v) is 9.37. The van der Waals surface area contributed by atoms with Crippen LogP contribution >= 0.6 is 0 Å². The van der Waals surface area contributed by atoms with Crippen molar-refractivity contribution in [2.45, 2.75) is 25.2 Å². The molecule has 0 amide bonds. The lowest BCUT2D eigenvalue weighted by molar-refractivity contribution is 0.654. The molecule has 1 unspecified atom stereocenters.